The molecule has 3 rings (SSSR count). The zero-order valence-electron chi connectivity index (χ0n) is 22.0. The number of carbonyl (C=O) groups excluding carboxylic acids is 2. The van der Waals surface area contributed by atoms with Crippen molar-refractivity contribution in [2.24, 2.45) is 0 Å². The maximum atomic E-state index is 15.5. The van der Waals surface area contributed by atoms with Crippen molar-refractivity contribution in [1.82, 2.24) is 5.32 Å². The van der Waals surface area contributed by atoms with E-state index in [2.05, 4.69) is 5.32 Å². The third kappa shape index (κ3) is 6.69. The van der Waals surface area contributed by atoms with Crippen LogP contribution in [0.5, 0.6) is 0 Å². The predicted octanol–water partition coefficient (Wildman–Crippen LogP) is 5.81. The number of benzene rings is 3. The van der Waals surface area contributed by atoms with E-state index in [-0.39, 0.29) is 19.6 Å². The first-order chi connectivity index (χ1) is 17.6. The van der Waals surface area contributed by atoms with Crippen LogP contribution >= 0.6 is 7.14 Å². The van der Waals surface area contributed by atoms with Crippen LogP contribution in [0.2, 0.25) is 0 Å². The Bertz CT molecular complexity index is 1170. The average Bonchev–Trinajstić information content (AvgIpc) is 2.90. The standard InChI is InChI=1S/C30H36NO5P/c1-5-21-30(23-31-28(33)36-29(2,3)4,27(32)35-22-24-15-9-6-10-16-24)37(34,25-17-11-7-12-18-25)26-19-13-8-14-20-26/h6-20H,5,21-23H2,1-4H3,(H,31,33)/t30-/m1/s1. The number of esters is 1. The number of rotatable bonds is 10. The van der Waals surface area contributed by atoms with Gasteiger partial charge in [0.05, 0.1) is 0 Å². The fourth-order valence-electron chi connectivity index (χ4n) is 4.38. The number of hydrogen-bond acceptors (Lipinski definition) is 5. The lowest BCUT2D eigenvalue weighted by Crippen LogP contribution is -2.54. The molecule has 0 saturated heterocycles. The Morgan fingerprint density at radius 2 is 1.30 bits per heavy atom. The van der Waals surface area contributed by atoms with Gasteiger partial charge in [0.25, 0.3) is 0 Å². The van der Waals surface area contributed by atoms with E-state index in [4.69, 9.17) is 9.47 Å². The topological polar surface area (TPSA) is 81.7 Å². The van der Waals surface area contributed by atoms with Gasteiger partial charge < -0.3 is 19.4 Å². The molecule has 0 aliphatic carbocycles. The van der Waals surface area contributed by atoms with Crippen molar-refractivity contribution in [2.75, 3.05) is 6.54 Å². The van der Waals surface area contributed by atoms with Crippen molar-refractivity contribution in [3.05, 3.63) is 96.6 Å². The van der Waals surface area contributed by atoms with E-state index >= 15 is 4.57 Å². The maximum Gasteiger partial charge on any atom is 0.407 e. The molecule has 0 spiro atoms. The molecule has 1 amide bonds. The van der Waals surface area contributed by atoms with Gasteiger partial charge in [-0.2, -0.15) is 0 Å². The SMILES string of the molecule is CCC[C@@](CNC(=O)OC(C)(C)C)(C(=O)OCc1ccccc1)P(=O)(c1ccccc1)c1ccccc1. The van der Waals surface area contributed by atoms with Crippen LogP contribution < -0.4 is 15.9 Å². The summed E-state index contributed by atoms with van der Waals surface area (Å²) in [5.41, 5.74) is 0.0871. The molecule has 1 atom stereocenters. The van der Waals surface area contributed by atoms with E-state index in [1.165, 1.54) is 0 Å². The van der Waals surface area contributed by atoms with Gasteiger partial charge in [0, 0.05) is 17.2 Å². The fourth-order valence-corrected chi connectivity index (χ4v) is 8.02. The van der Waals surface area contributed by atoms with Crippen molar-refractivity contribution in [3.8, 4) is 0 Å². The highest BCUT2D eigenvalue weighted by Crippen LogP contribution is 2.58. The van der Waals surface area contributed by atoms with Gasteiger partial charge in [-0.05, 0) is 32.8 Å². The van der Waals surface area contributed by atoms with Gasteiger partial charge in [-0.1, -0.05) is 104 Å². The summed E-state index contributed by atoms with van der Waals surface area (Å²) in [7, 11) is -3.71. The quantitative estimate of drug-likeness (QED) is 0.269. The molecule has 37 heavy (non-hydrogen) atoms. The molecular weight excluding hydrogens is 485 g/mol. The fraction of sp³-hybridized carbons (Fsp3) is 0.333. The third-order valence-corrected chi connectivity index (χ3v) is 9.84. The molecule has 0 fully saturated rings. The molecule has 0 aliphatic heterocycles. The largest absolute Gasteiger partial charge is 0.460 e. The average molecular weight is 522 g/mol. The van der Waals surface area contributed by atoms with Crippen molar-refractivity contribution >= 4 is 29.8 Å². The number of amides is 1. The first kappa shape index (κ1) is 28.2. The number of ether oxygens (including phenoxy) is 2. The second kappa shape index (κ2) is 12.2. The highest BCUT2D eigenvalue weighted by Gasteiger charge is 2.56. The lowest BCUT2D eigenvalue weighted by atomic mass is 10.0. The van der Waals surface area contributed by atoms with Gasteiger partial charge in [-0.3, -0.25) is 4.79 Å². The summed E-state index contributed by atoms with van der Waals surface area (Å²) >= 11 is 0. The molecule has 0 heterocycles. The molecule has 0 radical (unpaired) electrons. The first-order valence-corrected chi connectivity index (χ1v) is 14.2. The number of alkyl carbamates (subject to hydrolysis) is 1. The Morgan fingerprint density at radius 3 is 1.76 bits per heavy atom. The summed E-state index contributed by atoms with van der Waals surface area (Å²) in [6, 6.07) is 27.3. The van der Waals surface area contributed by atoms with Crippen LogP contribution in [0.1, 0.15) is 46.1 Å². The van der Waals surface area contributed by atoms with Crippen LogP contribution in [-0.4, -0.2) is 29.4 Å². The zero-order chi connectivity index (χ0) is 26.9. The second-order valence-electron chi connectivity index (χ2n) is 9.98. The van der Waals surface area contributed by atoms with Gasteiger partial charge in [0.2, 0.25) is 0 Å². The van der Waals surface area contributed by atoms with E-state index in [1.807, 2.05) is 49.4 Å². The third-order valence-electron chi connectivity index (χ3n) is 6.02. The second-order valence-corrected chi connectivity index (χ2v) is 13.1. The summed E-state index contributed by atoms with van der Waals surface area (Å²) in [5, 5.41) is 2.25. The molecule has 3 aromatic carbocycles. The molecule has 0 bridgehead atoms. The minimum atomic E-state index is -3.71. The molecule has 0 aliphatic rings. The highest BCUT2D eigenvalue weighted by atomic mass is 31.2. The zero-order valence-corrected chi connectivity index (χ0v) is 22.9. The molecule has 0 unspecified atom stereocenters. The number of hydrogen-bond donors (Lipinski definition) is 1. The normalized spacial score (nSPS) is 13.3. The molecule has 196 valence electrons. The minimum Gasteiger partial charge on any atom is -0.460 e. The monoisotopic (exact) mass is 521 g/mol. The number of carbonyl (C=O) groups is 2. The van der Waals surface area contributed by atoms with Crippen molar-refractivity contribution in [3.63, 3.8) is 0 Å². The molecule has 3 aromatic rings. The smallest absolute Gasteiger partial charge is 0.407 e. The van der Waals surface area contributed by atoms with E-state index in [1.54, 1.807) is 69.3 Å². The first-order valence-electron chi connectivity index (χ1n) is 12.5. The van der Waals surface area contributed by atoms with E-state index in [0.717, 1.165) is 5.56 Å². The molecule has 1 N–H and O–H groups in total. The van der Waals surface area contributed by atoms with Crippen LogP contribution in [0.3, 0.4) is 0 Å². The van der Waals surface area contributed by atoms with Crippen molar-refractivity contribution in [1.29, 1.82) is 0 Å². The van der Waals surface area contributed by atoms with Crippen LogP contribution in [-0.2, 0) is 25.4 Å². The Morgan fingerprint density at radius 1 is 0.811 bits per heavy atom. The van der Waals surface area contributed by atoms with Gasteiger partial charge in [-0.15, -0.1) is 0 Å². The lowest BCUT2D eigenvalue weighted by molar-refractivity contribution is -0.148. The molecule has 7 heteroatoms. The Labute approximate surface area is 219 Å². The molecule has 0 aromatic heterocycles. The summed E-state index contributed by atoms with van der Waals surface area (Å²) in [6.45, 7) is 7.04. The Hall–Kier alpha value is -3.37. The Balaban J connectivity index is 2.15. The highest BCUT2D eigenvalue weighted by molar-refractivity contribution is 7.81. The molecule has 6 nitrogen and oxygen atoms in total. The van der Waals surface area contributed by atoms with E-state index in [9.17, 15) is 9.59 Å². The van der Waals surface area contributed by atoms with Crippen LogP contribution in [0, 0.1) is 0 Å². The van der Waals surface area contributed by atoms with Gasteiger partial charge >= 0.3 is 12.1 Å². The van der Waals surface area contributed by atoms with E-state index < -0.39 is 30.0 Å². The summed E-state index contributed by atoms with van der Waals surface area (Å²) < 4.78 is 26.8. The van der Waals surface area contributed by atoms with Gasteiger partial charge in [0.1, 0.15) is 17.4 Å². The van der Waals surface area contributed by atoms with Crippen LogP contribution in [0.15, 0.2) is 91.0 Å². The summed E-state index contributed by atoms with van der Waals surface area (Å²) in [5.74, 6) is -0.620. The van der Waals surface area contributed by atoms with Gasteiger partial charge in [0.15, 0.2) is 7.14 Å². The van der Waals surface area contributed by atoms with Gasteiger partial charge in [-0.25, -0.2) is 4.79 Å². The van der Waals surface area contributed by atoms with Crippen LogP contribution in [0.25, 0.3) is 0 Å². The molecule has 0 saturated carbocycles. The summed E-state index contributed by atoms with van der Waals surface area (Å²) in [6.07, 6.45) is 0.0916. The predicted molar refractivity (Wildman–Crippen MR) is 148 cm³/mol. The minimum absolute atomic E-state index is 0.0289. The van der Waals surface area contributed by atoms with Crippen LogP contribution in [0.4, 0.5) is 4.79 Å². The van der Waals surface area contributed by atoms with E-state index in [0.29, 0.717) is 17.0 Å². The molecular formula is C30H36NO5P. The lowest BCUT2D eigenvalue weighted by Gasteiger charge is -2.39. The van der Waals surface area contributed by atoms with Crippen molar-refractivity contribution in [2.45, 2.75) is 57.9 Å². The Kier molecular flexibility index (Phi) is 9.34. The van der Waals surface area contributed by atoms with Crippen molar-refractivity contribution < 1.29 is 23.6 Å². The summed E-state index contributed by atoms with van der Waals surface area (Å²) in [4.78, 5) is 26.9. The maximum absolute atomic E-state index is 15.5. The number of nitrogens with one attached hydrogen (secondary N) is 1.